The van der Waals surface area contributed by atoms with Crippen LogP contribution in [-0.4, -0.2) is 40.7 Å². The van der Waals surface area contributed by atoms with E-state index in [-0.39, 0.29) is 23.8 Å². The van der Waals surface area contributed by atoms with Crippen molar-refractivity contribution in [1.82, 2.24) is 10.2 Å². The molecule has 1 N–H and O–H groups in total. The summed E-state index contributed by atoms with van der Waals surface area (Å²) >= 11 is 1.60. The Balaban J connectivity index is 1.59. The van der Waals surface area contributed by atoms with Crippen molar-refractivity contribution >= 4 is 29.5 Å². The van der Waals surface area contributed by atoms with Gasteiger partial charge in [0, 0.05) is 0 Å². The highest BCUT2D eigenvalue weighted by Gasteiger charge is 2.42. The molecule has 2 aromatic carbocycles. The fraction of sp³-hybridized carbons (Fsp3) is 0.348. The summed E-state index contributed by atoms with van der Waals surface area (Å²) in [6, 6.07) is 14.0. The Morgan fingerprint density at radius 2 is 1.76 bits per heavy atom. The van der Waals surface area contributed by atoms with Gasteiger partial charge in [-0.05, 0) is 61.0 Å². The maximum atomic E-state index is 13.3. The van der Waals surface area contributed by atoms with E-state index in [0.29, 0.717) is 23.3 Å². The van der Waals surface area contributed by atoms with E-state index in [0.717, 1.165) is 29.7 Å². The molecule has 6 heteroatoms. The van der Waals surface area contributed by atoms with Crippen molar-refractivity contribution in [1.29, 1.82) is 0 Å². The molecule has 2 aromatic rings. The molecule has 1 aliphatic heterocycles. The van der Waals surface area contributed by atoms with Crippen molar-refractivity contribution in [2.75, 3.05) is 12.0 Å². The number of nitrogens with zero attached hydrogens (tertiary/aromatic N) is 1. The highest BCUT2D eigenvalue weighted by Crippen LogP contribution is 2.31. The van der Waals surface area contributed by atoms with Crippen LogP contribution < -0.4 is 5.32 Å². The normalized spacial score (nSPS) is 18.9. The SMILES string of the molecule is CSCC[C@@H](C(=O)N[C@@H]1CCCc2ccccc21)N1C(=O)c2ccccc2C1=O. The van der Waals surface area contributed by atoms with Crippen molar-refractivity contribution in [2.24, 2.45) is 0 Å². The summed E-state index contributed by atoms with van der Waals surface area (Å²) < 4.78 is 0. The molecule has 0 radical (unpaired) electrons. The maximum Gasteiger partial charge on any atom is 0.262 e. The van der Waals surface area contributed by atoms with Gasteiger partial charge in [-0.25, -0.2) is 0 Å². The van der Waals surface area contributed by atoms with E-state index < -0.39 is 6.04 Å². The van der Waals surface area contributed by atoms with Crippen LogP contribution in [-0.2, 0) is 11.2 Å². The first kappa shape index (κ1) is 19.7. The predicted molar refractivity (Wildman–Crippen MR) is 114 cm³/mol. The summed E-state index contributed by atoms with van der Waals surface area (Å²) in [5.41, 5.74) is 3.15. The third-order valence-electron chi connectivity index (χ3n) is 5.72. The van der Waals surface area contributed by atoms with E-state index in [1.807, 2.05) is 18.4 Å². The molecular formula is C23H24N2O3S. The first-order valence-corrected chi connectivity index (χ1v) is 11.3. The fourth-order valence-electron chi connectivity index (χ4n) is 4.27. The molecule has 0 bridgehead atoms. The molecule has 0 fully saturated rings. The van der Waals surface area contributed by atoms with Gasteiger partial charge in [-0.3, -0.25) is 19.3 Å². The summed E-state index contributed by atoms with van der Waals surface area (Å²) in [6.07, 6.45) is 5.27. The van der Waals surface area contributed by atoms with Gasteiger partial charge in [0.2, 0.25) is 5.91 Å². The monoisotopic (exact) mass is 408 g/mol. The third kappa shape index (κ3) is 3.69. The number of thioether (sulfide) groups is 1. The average molecular weight is 409 g/mol. The number of rotatable bonds is 6. The number of hydrogen-bond acceptors (Lipinski definition) is 4. The third-order valence-corrected chi connectivity index (χ3v) is 6.37. The molecular weight excluding hydrogens is 384 g/mol. The maximum absolute atomic E-state index is 13.3. The Labute approximate surface area is 174 Å². The number of fused-ring (bicyclic) bond motifs is 2. The summed E-state index contributed by atoms with van der Waals surface area (Å²) in [5, 5.41) is 3.13. The van der Waals surface area contributed by atoms with Crippen molar-refractivity contribution in [2.45, 2.75) is 37.8 Å². The van der Waals surface area contributed by atoms with Gasteiger partial charge in [-0.2, -0.15) is 11.8 Å². The van der Waals surface area contributed by atoms with Crippen molar-refractivity contribution in [3.8, 4) is 0 Å². The molecule has 0 unspecified atom stereocenters. The topological polar surface area (TPSA) is 66.5 Å². The van der Waals surface area contributed by atoms with Gasteiger partial charge in [0.25, 0.3) is 11.8 Å². The van der Waals surface area contributed by atoms with E-state index in [4.69, 9.17) is 0 Å². The highest BCUT2D eigenvalue weighted by molar-refractivity contribution is 7.98. The zero-order valence-electron chi connectivity index (χ0n) is 16.4. The lowest BCUT2D eigenvalue weighted by atomic mass is 9.87. The molecule has 2 atom stereocenters. The predicted octanol–water partition coefficient (Wildman–Crippen LogP) is 3.60. The zero-order chi connectivity index (χ0) is 20.4. The fourth-order valence-corrected chi connectivity index (χ4v) is 4.73. The Bertz CT molecular complexity index is 924. The number of aryl methyl sites for hydroxylation is 1. The molecule has 0 aromatic heterocycles. The Morgan fingerprint density at radius 3 is 2.45 bits per heavy atom. The lowest BCUT2D eigenvalue weighted by molar-refractivity contribution is -0.126. The van der Waals surface area contributed by atoms with E-state index in [1.54, 1.807) is 36.0 Å². The van der Waals surface area contributed by atoms with Crippen LogP contribution in [0.3, 0.4) is 0 Å². The van der Waals surface area contributed by atoms with Gasteiger partial charge in [-0.15, -0.1) is 0 Å². The van der Waals surface area contributed by atoms with Gasteiger partial charge in [0.1, 0.15) is 6.04 Å². The molecule has 29 heavy (non-hydrogen) atoms. The number of hydrogen-bond donors (Lipinski definition) is 1. The van der Waals surface area contributed by atoms with Crippen molar-refractivity contribution in [3.63, 3.8) is 0 Å². The summed E-state index contributed by atoms with van der Waals surface area (Å²) in [6.45, 7) is 0. The number of imide groups is 1. The average Bonchev–Trinajstić information content (AvgIpc) is 3.00. The quantitative estimate of drug-likeness (QED) is 0.742. The number of amides is 3. The summed E-state index contributed by atoms with van der Waals surface area (Å²) in [7, 11) is 0. The molecule has 1 heterocycles. The lowest BCUT2D eigenvalue weighted by Crippen LogP contribution is -2.50. The van der Waals surface area contributed by atoms with Gasteiger partial charge in [0.15, 0.2) is 0 Å². The largest absolute Gasteiger partial charge is 0.347 e. The second-order valence-corrected chi connectivity index (χ2v) is 8.46. The van der Waals surface area contributed by atoms with E-state index in [9.17, 15) is 14.4 Å². The van der Waals surface area contributed by atoms with E-state index >= 15 is 0 Å². The van der Waals surface area contributed by atoms with Gasteiger partial charge < -0.3 is 5.32 Å². The van der Waals surface area contributed by atoms with Gasteiger partial charge >= 0.3 is 0 Å². The summed E-state index contributed by atoms with van der Waals surface area (Å²) in [4.78, 5) is 40.3. The lowest BCUT2D eigenvalue weighted by Gasteiger charge is -2.30. The van der Waals surface area contributed by atoms with Crippen molar-refractivity contribution < 1.29 is 14.4 Å². The number of nitrogens with one attached hydrogen (secondary N) is 1. The Kier molecular flexibility index (Phi) is 5.72. The van der Waals surface area contributed by atoms with Crippen LogP contribution in [0.25, 0.3) is 0 Å². The van der Waals surface area contributed by atoms with Crippen LogP contribution in [0.2, 0.25) is 0 Å². The van der Waals surface area contributed by atoms with Crippen LogP contribution >= 0.6 is 11.8 Å². The summed E-state index contributed by atoms with van der Waals surface area (Å²) in [5.74, 6) is -0.325. The molecule has 5 nitrogen and oxygen atoms in total. The molecule has 0 spiro atoms. The van der Waals surface area contributed by atoms with E-state index in [2.05, 4.69) is 17.4 Å². The number of carbonyl (C=O) groups excluding carboxylic acids is 3. The zero-order valence-corrected chi connectivity index (χ0v) is 17.2. The van der Waals surface area contributed by atoms with E-state index in [1.165, 1.54) is 5.56 Å². The molecule has 0 saturated heterocycles. The molecule has 0 saturated carbocycles. The minimum Gasteiger partial charge on any atom is -0.347 e. The van der Waals surface area contributed by atoms with Gasteiger partial charge in [-0.1, -0.05) is 36.4 Å². The second-order valence-electron chi connectivity index (χ2n) is 7.48. The highest BCUT2D eigenvalue weighted by atomic mass is 32.2. The van der Waals surface area contributed by atoms with Crippen LogP contribution in [0.4, 0.5) is 0 Å². The number of carbonyl (C=O) groups is 3. The molecule has 150 valence electrons. The Hall–Kier alpha value is -2.60. The van der Waals surface area contributed by atoms with Crippen LogP contribution in [0, 0.1) is 0 Å². The second kappa shape index (κ2) is 8.41. The standard InChI is InChI=1S/C23H24N2O3S/c1-29-14-13-20(25-22(27)17-10-4-5-11-18(17)23(25)28)21(26)24-19-12-6-8-15-7-2-3-9-16(15)19/h2-5,7,9-11,19-20H,6,8,12-14H2,1H3,(H,24,26)/t19-,20+/m1/s1. The molecule has 3 amide bonds. The van der Waals surface area contributed by atoms with Crippen LogP contribution in [0.15, 0.2) is 48.5 Å². The van der Waals surface area contributed by atoms with Crippen LogP contribution in [0.1, 0.15) is 57.1 Å². The number of benzene rings is 2. The molecule has 2 aliphatic rings. The molecule has 1 aliphatic carbocycles. The smallest absolute Gasteiger partial charge is 0.262 e. The first-order valence-electron chi connectivity index (χ1n) is 9.96. The van der Waals surface area contributed by atoms with Crippen molar-refractivity contribution in [3.05, 3.63) is 70.8 Å². The Morgan fingerprint density at radius 1 is 1.10 bits per heavy atom. The minimum atomic E-state index is -0.802. The first-order chi connectivity index (χ1) is 14.1. The van der Waals surface area contributed by atoms with Crippen LogP contribution in [0.5, 0.6) is 0 Å². The minimum absolute atomic E-state index is 0.0839. The van der Waals surface area contributed by atoms with Gasteiger partial charge in [0.05, 0.1) is 17.2 Å². The molecule has 4 rings (SSSR count).